The molecule has 0 heterocycles. The third-order valence-electron chi connectivity index (χ3n) is 0. The van der Waals surface area contributed by atoms with Crippen LogP contribution in [-0.2, 0) is 26.2 Å². The molecule has 0 amide bonds. The standard InChI is InChI=1S/BH3O3.Zr/c2-1(3)4;/h2-4H;/q;+4. The summed E-state index contributed by atoms with van der Waals surface area (Å²) in [6.45, 7) is 0. The fourth-order valence-corrected chi connectivity index (χ4v) is 0. The first-order chi connectivity index (χ1) is 1.73. The summed E-state index contributed by atoms with van der Waals surface area (Å²) in [5.41, 5.74) is 0. The molecule has 3 N–H and O–H groups in total. The number of hydrogen-bond donors (Lipinski definition) is 3. The quantitative estimate of drug-likeness (QED) is 0.351. The van der Waals surface area contributed by atoms with E-state index in [-0.39, 0.29) is 26.2 Å². The zero-order chi connectivity index (χ0) is 3.58. The molecule has 0 fully saturated rings. The second-order valence-corrected chi connectivity index (χ2v) is 0.346. The van der Waals surface area contributed by atoms with Crippen molar-refractivity contribution < 1.29 is 41.3 Å². The first-order valence-corrected chi connectivity index (χ1v) is 0.775. The third-order valence-corrected chi connectivity index (χ3v) is 0. The first kappa shape index (κ1) is 9.27. The van der Waals surface area contributed by atoms with E-state index in [0.29, 0.717) is 0 Å². The number of rotatable bonds is 0. The van der Waals surface area contributed by atoms with Crippen LogP contribution < -0.4 is 0 Å². The van der Waals surface area contributed by atoms with Crippen molar-refractivity contribution in [2.75, 3.05) is 0 Å². The Morgan fingerprint density at radius 1 is 1.00 bits per heavy atom. The Balaban J connectivity index is 0. The molecule has 5 heteroatoms. The van der Waals surface area contributed by atoms with Gasteiger partial charge in [0.2, 0.25) is 0 Å². The largest absolute Gasteiger partial charge is 4.00 e. The van der Waals surface area contributed by atoms with Crippen molar-refractivity contribution in [2.45, 2.75) is 0 Å². The van der Waals surface area contributed by atoms with Crippen LogP contribution in [0.15, 0.2) is 0 Å². The minimum absolute atomic E-state index is 0. The molecule has 0 aromatic heterocycles. The molecule has 0 atom stereocenters. The molecule has 0 radical (unpaired) electrons. The van der Waals surface area contributed by atoms with E-state index >= 15 is 0 Å². The Morgan fingerprint density at radius 3 is 1.00 bits per heavy atom. The molecule has 0 aromatic carbocycles. The second-order valence-electron chi connectivity index (χ2n) is 0.346. The minimum Gasteiger partial charge on any atom is -0.402 e. The van der Waals surface area contributed by atoms with Crippen molar-refractivity contribution in [1.29, 1.82) is 0 Å². The predicted molar refractivity (Wildman–Crippen MR) is 12.4 cm³/mol. The zero-order valence-corrected chi connectivity index (χ0v) is 4.88. The van der Waals surface area contributed by atoms with Gasteiger partial charge in [0, 0.05) is 0 Å². The van der Waals surface area contributed by atoms with Gasteiger partial charge < -0.3 is 15.1 Å². The normalized spacial score (nSPS) is 5.40. The van der Waals surface area contributed by atoms with Crippen LogP contribution in [0.5, 0.6) is 0 Å². The Hall–Kier alpha value is 0.828. The molecular formula is H3BO3Zr+4. The van der Waals surface area contributed by atoms with E-state index in [4.69, 9.17) is 15.1 Å². The molecule has 0 bridgehead atoms. The fourth-order valence-electron chi connectivity index (χ4n) is 0. The average molecular weight is 153 g/mol. The van der Waals surface area contributed by atoms with Crippen LogP contribution in [0.3, 0.4) is 0 Å². The molecule has 0 aliphatic carbocycles. The van der Waals surface area contributed by atoms with Crippen molar-refractivity contribution in [3.05, 3.63) is 0 Å². The molecular weight excluding hydrogens is 150 g/mol. The van der Waals surface area contributed by atoms with Gasteiger partial charge in [0.05, 0.1) is 0 Å². The van der Waals surface area contributed by atoms with Gasteiger partial charge in [-0.25, -0.2) is 0 Å². The Bertz CT molecular complexity index is 11.6. The molecule has 0 unspecified atom stereocenters. The van der Waals surface area contributed by atoms with Crippen molar-refractivity contribution in [1.82, 2.24) is 0 Å². The van der Waals surface area contributed by atoms with Crippen LogP contribution in [0.2, 0.25) is 0 Å². The van der Waals surface area contributed by atoms with E-state index < -0.39 is 7.32 Å². The van der Waals surface area contributed by atoms with Crippen molar-refractivity contribution in [2.24, 2.45) is 0 Å². The Labute approximate surface area is 48.9 Å². The van der Waals surface area contributed by atoms with Gasteiger partial charge in [-0.2, -0.15) is 0 Å². The minimum atomic E-state index is -2.17. The molecule has 24 valence electrons. The summed E-state index contributed by atoms with van der Waals surface area (Å²) in [5, 5.41) is 21.5. The summed E-state index contributed by atoms with van der Waals surface area (Å²) in [5.74, 6) is 0. The van der Waals surface area contributed by atoms with E-state index in [1.165, 1.54) is 0 Å². The summed E-state index contributed by atoms with van der Waals surface area (Å²) in [6.07, 6.45) is 0. The third kappa shape index (κ3) is 56.3. The summed E-state index contributed by atoms with van der Waals surface area (Å²) in [7, 11) is -2.17. The van der Waals surface area contributed by atoms with Gasteiger partial charge in [0.25, 0.3) is 0 Å². The second kappa shape index (κ2) is 4.83. The topological polar surface area (TPSA) is 60.7 Å². The van der Waals surface area contributed by atoms with E-state index in [1.807, 2.05) is 0 Å². The van der Waals surface area contributed by atoms with Gasteiger partial charge in [-0.15, -0.1) is 0 Å². The smallest absolute Gasteiger partial charge is 0.402 e. The van der Waals surface area contributed by atoms with Crippen molar-refractivity contribution in [3.8, 4) is 0 Å². The summed E-state index contributed by atoms with van der Waals surface area (Å²) >= 11 is 0. The first-order valence-electron chi connectivity index (χ1n) is 0.775. The molecule has 0 aromatic rings. The van der Waals surface area contributed by atoms with Crippen LogP contribution in [-0.4, -0.2) is 22.4 Å². The fraction of sp³-hybridized carbons (Fsp3) is 0. The summed E-state index contributed by atoms with van der Waals surface area (Å²) in [6, 6.07) is 0. The maximum atomic E-state index is 7.17. The van der Waals surface area contributed by atoms with E-state index in [1.54, 1.807) is 0 Å². The molecule has 0 saturated heterocycles. The predicted octanol–water partition coefficient (Wildman–Crippen LogP) is -2.05. The summed E-state index contributed by atoms with van der Waals surface area (Å²) in [4.78, 5) is 0. The maximum absolute atomic E-state index is 7.17. The van der Waals surface area contributed by atoms with Gasteiger partial charge in [0.1, 0.15) is 0 Å². The van der Waals surface area contributed by atoms with Gasteiger partial charge in [-0.3, -0.25) is 0 Å². The molecule has 3 nitrogen and oxygen atoms in total. The van der Waals surface area contributed by atoms with Crippen LogP contribution in [0.4, 0.5) is 0 Å². The molecule has 0 aliphatic heterocycles. The van der Waals surface area contributed by atoms with E-state index in [9.17, 15) is 0 Å². The molecule has 0 rings (SSSR count). The molecule has 0 aliphatic rings. The summed E-state index contributed by atoms with van der Waals surface area (Å²) < 4.78 is 0. The van der Waals surface area contributed by atoms with Gasteiger partial charge in [-0.1, -0.05) is 0 Å². The van der Waals surface area contributed by atoms with Crippen LogP contribution in [0.1, 0.15) is 0 Å². The monoisotopic (exact) mass is 152 g/mol. The SMILES string of the molecule is OB(O)O.[Zr+4]. The van der Waals surface area contributed by atoms with Gasteiger partial charge >= 0.3 is 33.5 Å². The molecule has 0 spiro atoms. The van der Waals surface area contributed by atoms with Crippen molar-refractivity contribution >= 4 is 7.32 Å². The Morgan fingerprint density at radius 2 is 1.00 bits per heavy atom. The maximum Gasteiger partial charge on any atom is 4.00 e. The molecule has 0 saturated carbocycles. The zero-order valence-electron chi connectivity index (χ0n) is 2.42. The average Bonchev–Trinajstić information content (AvgIpc) is 0.811. The van der Waals surface area contributed by atoms with E-state index in [0.717, 1.165) is 0 Å². The number of hydrogen-bond acceptors (Lipinski definition) is 3. The van der Waals surface area contributed by atoms with Crippen LogP contribution in [0, 0.1) is 0 Å². The van der Waals surface area contributed by atoms with Gasteiger partial charge in [-0.05, 0) is 0 Å². The van der Waals surface area contributed by atoms with Crippen LogP contribution >= 0.6 is 0 Å². The van der Waals surface area contributed by atoms with E-state index in [2.05, 4.69) is 0 Å². The Kier molecular flexibility index (Phi) is 8.95. The van der Waals surface area contributed by atoms with Crippen LogP contribution in [0.25, 0.3) is 0 Å². The van der Waals surface area contributed by atoms with Crippen molar-refractivity contribution in [3.63, 3.8) is 0 Å². The van der Waals surface area contributed by atoms with Gasteiger partial charge in [0.15, 0.2) is 0 Å². The molecule has 5 heavy (non-hydrogen) atoms.